The highest BCUT2D eigenvalue weighted by Crippen LogP contribution is 2.43. The molecule has 1 aliphatic heterocycles. The van der Waals surface area contributed by atoms with Crippen molar-refractivity contribution in [1.29, 1.82) is 0 Å². The standard InChI is InChI=1S/C25H26N2O4S/c1-27-23(21-9-6-14-32-21)22(18-7-4-5-8-19(18)25(27)29)24(28)26-13-12-16-15-17(30-2)10-11-20(16)31-3/h4-11,14-15,22-23H,12-13H2,1-3H3,(H,26,28). The second-order valence-electron chi connectivity index (χ2n) is 7.66. The first-order chi connectivity index (χ1) is 15.5. The van der Waals surface area contributed by atoms with Crippen LogP contribution in [0.5, 0.6) is 11.5 Å². The zero-order valence-electron chi connectivity index (χ0n) is 18.3. The second kappa shape index (κ2) is 9.44. The molecule has 4 rings (SSSR count). The minimum Gasteiger partial charge on any atom is -0.497 e. The summed E-state index contributed by atoms with van der Waals surface area (Å²) in [5.41, 5.74) is 2.31. The fourth-order valence-corrected chi connectivity index (χ4v) is 5.18. The minimum absolute atomic E-state index is 0.0656. The van der Waals surface area contributed by atoms with E-state index < -0.39 is 5.92 Å². The van der Waals surface area contributed by atoms with Gasteiger partial charge >= 0.3 is 0 Å². The summed E-state index contributed by atoms with van der Waals surface area (Å²) in [5.74, 6) is 0.845. The Hall–Kier alpha value is -3.32. The molecular weight excluding hydrogens is 424 g/mol. The summed E-state index contributed by atoms with van der Waals surface area (Å²) in [6, 6.07) is 16.6. The van der Waals surface area contributed by atoms with Gasteiger partial charge in [-0.05, 0) is 53.3 Å². The van der Waals surface area contributed by atoms with E-state index in [1.165, 1.54) is 0 Å². The number of carbonyl (C=O) groups excluding carboxylic acids is 2. The normalized spacial score (nSPS) is 17.6. The lowest BCUT2D eigenvalue weighted by atomic mass is 9.81. The molecule has 2 amide bonds. The average Bonchev–Trinajstić information content (AvgIpc) is 3.35. The van der Waals surface area contributed by atoms with Crippen LogP contribution < -0.4 is 14.8 Å². The lowest BCUT2D eigenvalue weighted by molar-refractivity contribution is -0.124. The summed E-state index contributed by atoms with van der Waals surface area (Å²) in [7, 11) is 5.02. The molecule has 0 aliphatic carbocycles. The number of rotatable bonds is 7. The van der Waals surface area contributed by atoms with Crippen molar-refractivity contribution in [1.82, 2.24) is 10.2 Å². The highest BCUT2D eigenvalue weighted by atomic mass is 32.1. The largest absolute Gasteiger partial charge is 0.497 e. The number of hydrogen-bond donors (Lipinski definition) is 1. The van der Waals surface area contributed by atoms with Gasteiger partial charge in [-0.2, -0.15) is 0 Å². The highest BCUT2D eigenvalue weighted by Gasteiger charge is 2.42. The van der Waals surface area contributed by atoms with Crippen molar-refractivity contribution in [2.75, 3.05) is 27.8 Å². The van der Waals surface area contributed by atoms with Crippen LogP contribution >= 0.6 is 11.3 Å². The Morgan fingerprint density at radius 1 is 1.09 bits per heavy atom. The van der Waals surface area contributed by atoms with E-state index in [1.54, 1.807) is 43.6 Å². The fourth-order valence-electron chi connectivity index (χ4n) is 4.28. The van der Waals surface area contributed by atoms with E-state index in [4.69, 9.17) is 9.47 Å². The molecule has 0 fully saturated rings. The predicted octanol–water partition coefficient (Wildman–Crippen LogP) is 4.03. The zero-order chi connectivity index (χ0) is 22.7. The molecule has 1 N–H and O–H groups in total. The molecule has 0 bridgehead atoms. The van der Waals surface area contributed by atoms with Crippen LogP contribution in [0.25, 0.3) is 0 Å². The van der Waals surface area contributed by atoms with Gasteiger partial charge in [-0.1, -0.05) is 24.3 Å². The van der Waals surface area contributed by atoms with Gasteiger partial charge in [0.1, 0.15) is 11.5 Å². The summed E-state index contributed by atoms with van der Waals surface area (Å²) >= 11 is 1.56. The number of thiophene rings is 1. The summed E-state index contributed by atoms with van der Waals surface area (Å²) in [6.45, 7) is 0.440. The second-order valence-corrected chi connectivity index (χ2v) is 8.64. The third-order valence-electron chi connectivity index (χ3n) is 5.88. The van der Waals surface area contributed by atoms with Gasteiger partial charge in [0.05, 0.1) is 26.2 Å². The molecule has 3 aromatic rings. The van der Waals surface area contributed by atoms with Crippen molar-refractivity contribution in [2.45, 2.75) is 18.4 Å². The number of nitrogens with one attached hydrogen (secondary N) is 1. The molecule has 6 nitrogen and oxygen atoms in total. The molecule has 0 saturated carbocycles. The average molecular weight is 451 g/mol. The topological polar surface area (TPSA) is 67.9 Å². The zero-order valence-corrected chi connectivity index (χ0v) is 19.1. The van der Waals surface area contributed by atoms with E-state index in [9.17, 15) is 9.59 Å². The van der Waals surface area contributed by atoms with Crippen LogP contribution in [0.15, 0.2) is 60.0 Å². The number of amides is 2. The summed E-state index contributed by atoms with van der Waals surface area (Å²) in [6.07, 6.45) is 0.596. The lowest BCUT2D eigenvalue weighted by Gasteiger charge is -2.39. The molecule has 0 saturated heterocycles. The Kier molecular flexibility index (Phi) is 6.46. The van der Waals surface area contributed by atoms with Crippen molar-refractivity contribution < 1.29 is 19.1 Å². The molecule has 1 aliphatic rings. The van der Waals surface area contributed by atoms with Crippen molar-refractivity contribution >= 4 is 23.2 Å². The number of hydrogen-bond acceptors (Lipinski definition) is 5. The fraction of sp³-hybridized carbons (Fsp3) is 0.280. The third kappa shape index (κ3) is 4.08. The molecule has 0 radical (unpaired) electrons. The van der Waals surface area contributed by atoms with E-state index in [2.05, 4.69) is 5.32 Å². The molecule has 2 aromatic carbocycles. The number of fused-ring (bicyclic) bond motifs is 1. The third-order valence-corrected chi connectivity index (χ3v) is 6.82. The monoisotopic (exact) mass is 450 g/mol. The van der Waals surface area contributed by atoms with Gasteiger partial charge < -0.3 is 19.7 Å². The van der Waals surface area contributed by atoms with Crippen LogP contribution in [0, 0.1) is 0 Å². The van der Waals surface area contributed by atoms with Crippen molar-refractivity contribution in [3.8, 4) is 11.5 Å². The Bertz CT molecular complexity index is 1110. The quantitative estimate of drug-likeness (QED) is 0.590. The maximum atomic E-state index is 13.5. The molecule has 32 heavy (non-hydrogen) atoms. The molecule has 1 aromatic heterocycles. The first-order valence-electron chi connectivity index (χ1n) is 10.4. The Balaban J connectivity index is 1.58. The SMILES string of the molecule is COc1ccc(OC)c(CCNC(=O)C2c3ccccc3C(=O)N(C)C2c2cccs2)c1. The molecule has 2 heterocycles. The van der Waals surface area contributed by atoms with Crippen molar-refractivity contribution in [3.05, 3.63) is 81.5 Å². The number of carbonyl (C=O) groups is 2. The maximum Gasteiger partial charge on any atom is 0.254 e. The number of nitrogens with zero attached hydrogens (tertiary/aromatic N) is 1. The lowest BCUT2D eigenvalue weighted by Crippen LogP contribution is -2.45. The van der Waals surface area contributed by atoms with E-state index in [1.807, 2.05) is 53.9 Å². The van der Waals surface area contributed by atoms with Crippen LogP contribution in [-0.2, 0) is 11.2 Å². The van der Waals surface area contributed by atoms with E-state index >= 15 is 0 Å². The van der Waals surface area contributed by atoms with E-state index in [0.29, 0.717) is 18.5 Å². The molecular formula is C25H26N2O4S. The summed E-state index contributed by atoms with van der Waals surface area (Å²) < 4.78 is 10.8. The van der Waals surface area contributed by atoms with Gasteiger partial charge in [-0.15, -0.1) is 11.3 Å². The maximum absolute atomic E-state index is 13.5. The Morgan fingerprint density at radius 3 is 2.62 bits per heavy atom. The van der Waals surface area contributed by atoms with Crippen molar-refractivity contribution in [3.63, 3.8) is 0 Å². The molecule has 2 unspecified atom stereocenters. The molecule has 0 spiro atoms. The Labute approximate surface area is 191 Å². The van der Waals surface area contributed by atoms with Gasteiger partial charge in [0.2, 0.25) is 5.91 Å². The van der Waals surface area contributed by atoms with Gasteiger partial charge in [-0.3, -0.25) is 9.59 Å². The van der Waals surface area contributed by atoms with Crippen molar-refractivity contribution in [2.24, 2.45) is 0 Å². The first-order valence-corrected chi connectivity index (χ1v) is 11.3. The minimum atomic E-state index is -0.486. The van der Waals surface area contributed by atoms with E-state index in [0.717, 1.165) is 27.5 Å². The van der Waals surface area contributed by atoms with Gasteiger partial charge in [0.15, 0.2) is 0 Å². The number of ether oxygens (including phenoxy) is 2. The van der Waals surface area contributed by atoms with Crippen LogP contribution in [0.1, 0.15) is 38.3 Å². The number of methoxy groups -OCH3 is 2. The summed E-state index contributed by atoms with van der Waals surface area (Å²) in [4.78, 5) is 29.2. The van der Waals surface area contributed by atoms with Crippen LogP contribution in [0.3, 0.4) is 0 Å². The highest BCUT2D eigenvalue weighted by molar-refractivity contribution is 7.10. The molecule has 7 heteroatoms. The Morgan fingerprint density at radius 2 is 1.91 bits per heavy atom. The number of likely N-dealkylation sites (N-methyl/N-ethyl adjacent to an activating group) is 1. The van der Waals surface area contributed by atoms with Gasteiger partial charge in [-0.25, -0.2) is 0 Å². The number of benzene rings is 2. The predicted molar refractivity (Wildman–Crippen MR) is 125 cm³/mol. The van der Waals surface area contributed by atoms with E-state index in [-0.39, 0.29) is 17.9 Å². The van der Waals surface area contributed by atoms with Crippen LogP contribution in [0.4, 0.5) is 0 Å². The first kappa shape index (κ1) is 21.9. The molecule has 2 atom stereocenters. The van der Waals surface area contributed by atoms with Crippen LogP contribution in [-0.4, -0.2) is 44.5 Å². The molecule has 166 valence electrons. The van der Waals surface area contributed by atoms with Crippen LogP contribution in [0.2, 0.25) is 0 Å². The van der Waals surface area contributed by atoms with Gasteiger partial charge in [0.25, 0.3) is 5.91 Å². The van der Waals surface area contributed by atoms with Gasteiger partial charge in [0, 0.05) is 24.0 Å². The summed E-state index contributed by atoms with van der Waals surface area (Å²) in [5, 5.41) is 5.06. The smallest absolute Gasteiger partial charge is 0.254 e.